The van der Waals surface area contributed by atoms with Crippen LogP contribution in [0.1, 0.15) is 18.4 Å². The Labute approximate surface area is 91.1 Å². The van der Waals surface area contributed by atoms with Crippen LogP contribution >= 0.6 is 0 Å². The molecule has 1 aromatic rings. The van der Waals surface area contributed by atoms with E-state index in [0.29, 0.717) is 0 Å². The summed E-state index contributed by atoms with van der Waals surface area (Å²) in [5.74, 6) is 0.985. The molecule has 2 bridgehead atoms. The van der Waals surface area contributed by atoms with Crippen LogP contribution in [-0.4, -0.2) is 19.1 Å². The van der Waals surface area contributed by atoms with Crippen molar-refractivity contribution in [1.29, 1.82) is 0 Å². The average Bonchev–Trinajstić information content (AvgIpc) is 2.77. The average molecular weight is 202 g/mol. The first-order valence-corrected chi connectivity index (χ1v) is 5.92. The Morgan fingerprint density at radius 3 is 2.47 bits per heavy atom. The molecule has 3 aliphatic rings. The normalized spacial score (nSPS) is 27.9. The summed E-state index contributed by atoms with van der Waals surface area (Å²) in [6.45, 7) is 2.02. The number of benzene rings is 1. The molecule has 0 spiro atoms. The quantitative estimate of drug-likeness (QED) is 0.809. The first-order chi connectivity index (χ1) is 7.36. The van der Waals surface area contributed by atoms with E-state index in [1.807, 2.05) is 0 Å². The maximum absolute atomic E-state index is 5.54. The molecule has 0 aromatic heterocycles. The van der Waals surface area contributed by atoms with E-state index in [4.69, 9.17) is 5.73 Å². The third-order valence-corrected chi connectivity index (χ3v) is 3.81. The highest BCUT2D eigenvalue weighted by molar-refractivity contribution is 5.51. The van der Waals surface area contributed by atoms with Crippen LogP contribution in [-0.2, 0) is 6.42 Å². The molecule has 0 amide bonds. The monoisotopic (exact) mass is 202 g/mol. The molecule has 1 saturated carbocycles. The van der Waals surface area contributed by atoms with Crippen LogP contribution in [0.25, 0.3) is 0 Å². The van der Waals surface area contributed by atoms with E-state index in [2.05, 4.69) is 29.2 Å². The fraction of sp³-hybridized carbons (Fsp3) is 0.538. The van der Waals surface area contributed by atoms with Crippen molar-refractivity contribution in [3.05, 3.63) is 29.8 Å². The molecule has 3 fully saturated rings. The number of fused-ring (bicyclic) bond motifs is 1. The van der Waals surface area contributed by atoms with Crippen molar-refractivity contribution >= 4 is 5.69 Å². The van der Waals surface area contributed by atoms with Crippen molar-refractivity contribution in [2.24, 2.45) is 11.7 Å². The van der Waals surface area contributed by atoms with Gasteiger partial charge in [0.2, 0.25) is 0 Å². The Bertz CT molecular complexity index is 338. The zero-order valence-electron chi connectivity index (χ0n) is 9.02. The molecule has 15 heavy (non-hydrogen) atoms. The van der Waals surface area contributed by atoms with Crippen LogP contribution in [0.5, 0.6) is 0 Å². The summed E-state index contributed by atoms with van der Waals surface area (Å²) in [6.07, 6.45) is 3.83. The molecule has 2 N–H and O–H groups in total. The number of nitrogens with zero attached hydrogens (tertiary/aromatic N) is 1. The molecule has 1 aliphatic carbocycles. The Balaban J connectivity index is 1.75. The van der Waals surface area contributed by atoms with E-state index in [-0.39, 0.29) is 0 Å². The van der Waals surface area contributed by atoms with Gasteiger partial charge in [-0.15, -0.1) is 0 Å². The molecule has 1 aromatic carbocycles. The van der Waals surface area contributed by atoms with Crippen LogP contribution in [0.4, 0.5) is 5.69 Å². The van der Waals surface area contributed by atoms with Gasteiger partial charge in [-0.3, -0.25) is 0 Å². The Kier molecular flexibility index (Phi) is 2.17. The zero-order valence-corrected chi connectivity index (χ0v) is 9.02. The second kappa shape index (κ2) is 3.53. The van der Waals surface area contributed by atoms with Gasteiger partial charge in [-0.2, -0.15) is 0 Å². The largest absolute Gasteiger partial charge is 0.368 e. The molecule has 2 heterocycles. The standard InChI is InChI=1S/C13H18N2/c14-6-5-10-1-3-12(4-2-10)15-9-11-7-13(15)8-11/h1-4,11,13H,5-9,14H2. The molecule has 0 unspecified atom stereocenters. The lowest BCUT2D eigenvalue weighted by atomic mass is 9.86. The predicted molar refractivity (Wildman–Crippen MR) is 63.1 cm³/mol. The number of hydrogen-bond acceptors (Lipinski definition) is 2. The topological polar surface area (TPSA) is 29.3 Å². The predicted octanol–water partition coefficient (Wildman–Crippen LogP) is 1.79. The Morgan fingerprint density at radius 1 is 1.20 bits per heavy atom. The van der Waals surface area contributed by atoms with Crippen LogP contribution < -0.4 is 10.6 Å². The lowest BCUT2D eigenvalue weighted by molar-refractivity contribution is 0.381. The first kappa shape index (κ1) is 9.22. The number of rotatable bonds is 3. The molecular formula is C13H18N2. The van der Waals surface area contributed by atoms with Gasteiger partial charge in [-0.25, -0.2) is 0 Å². The van der Waals surface area contributed by atoms with Gasteiger partial charge in [0, 0.05) is 18.3 Å². The first-order valence-electron chi connectivity index (χ1n) is 5.92. The molecule has 2 aliphatic heterocycles. The van der Waals surface area contributed by atoms with Gasteiger partial charge in [0.1, 0.15) is 0 Å². The summed E-state index contributed by atoms with van der Waals surface area (Å²) in [7, 11) is 0. The number of nitrogens with two attached hydrogens (primary N) is 1. The minimum Gasteiger partial charge on any atom is -0.368 e. The Morgan fingerprint density at radius 2 is 1.93 bits per heavy atom. The summed E-state index contributed by atoms with van der Waals surface area (Å²) in [5.41, 5.74) is 8.30. The molecule has 80 valence electrons. The third-order valence-electron chi connectivity index (χ3n) is 3.81. The molecule has 0 atom stereocenters. The van der Waals surface area contributed by atoms with Crippen molar-refractivity contribution in [2.45, 2.75) is 25.3 Å². The second-order valence-electron chi connectivity index (χ2n) is 4.85. The zero-order chi connectivity index (χ0) is 10.3. The number of hydrogen-bond donors (Lipinski definition) is 1. The molecule has 0 radical (unpaired) electrons. The van der Waals surface area contributed by atoms with E-state index in [1.54, 1.807) is 0 Å². The van der Waals surface area contributed by atoms with Gasteiger partial charge in [0.25, 0.3) is 0 Å². The van der Waals surface area contributed by atoms with Crippen LogP contribution in [0.3, 0.4) is 0 Å². The van der Waals surface area contributed by atoms with Crippen LogP contribution in [0.15, 0.2) is 24.3 Å². The highest BCUT2D eigenvalue weighted by Gasteiger charge is 2.42. The lowest BCUT2D eigenvalue weighted by Crippen LogP contribution is -2.28. The SMILES string of the molecule is NCCc1ccc(N2CC3CC2C3)cc1. The summed E-state index contributed by atoms with van der Waals surface area (Å²) >= 11 is 0. The van der Waals surface area contributed by atoms with Gasteiger partial charge in [-0.05, 0) is 49.4 Å². The van der Waals surface area contributed by atoms with Gasteiger partial charge in [0.15, 0.2) is 0 Å². The minimum absolute atomic E-state index is 0.744. The van der Waals surface area contributed by atoms with E-state index >= 15 is 0 Å². The van der Waals surface area contributed by atoms with Crippen molar-refractivity contribution in [2.75, 3.05) is 18.0 Å². The van der Waals surface area contributed by atoms with E-state index in [1.165, 1.54) is 30.6 Å². The fourth-order valence-electron chi connectivity index (χ4n) is 2.87. The molecular weight excluding hydrogens is 184 g/mol. The second-order valence-corrected chi connectivity index (χ2v) is 4.85. The van der Waals surface area contributed by atoms with Crippen LogP contribution in [0.2, 0.25) is 0 Å². The third kappa shape index (κ3) is 1.53. The highest BCUT2D eigenvalue weighted by atomic mass is 15.2. The summed E-state index contributed by atoms with van der Waals surface area (Å²) in [6, 6.07) is 9.79. The fourth-order valence-corrected chi connectivity index (χ4v) is 2.87. The summed E-state index contributed by atoms with van der Waals surface area (Å²) in [4.78, 5) is 2.57. The smallest absolute Gasteiger partial charge is 0.0368 e. The Hall–Kier alpha value is -1.02. The summed E-state index contributed by atoms with van der Waals surface area (Å²) < 4.78 is 0. The van der Waals surface area contributed by atoms with Gasteiger partial charge in [-0.1, -0.05) is 12.1 Å². The van der Waals surface area contributed by atoms with E-state index in [9.17, 15) is 0 Å². The van der Waals surface area contributed by atoms with Crippen LogP contribution in [0, 0.1) is 5.92 Å². The molecule has 2 heteroatoms. The maximum atomic E-state index is 5.54. The van der Waals surface area contributed by atoms with E-state index < -0.39 is 0 Å². The van der Waals surface area contributed by atoms with Gasteiger partial charge in [0.05, 0.1) is 0 Å². The molecule has 2 saturated heterocycles. The van der Waals surface area contributed by atoms with Gasteiger partial charge < -0.3 is 10.6 Å². The lowest BCUT2D eigenvalue weighted by Gasteiger charge is -2.27. The highest BCUT2D eigenvalue weighted by Crippen LogP contribution is 2.43. The molecule has 2 nitrogen and oxygen atoms in total. The van der Waals surface area contributed by atoms with Gasteiger partial charge >= 0.3 is 0 Å². The van der Waals surface area contributed by atoms with E-state index in [0.717, 1.165) is 24.9 Å². The summed E-state index contributed by atoms with van der Waals surface area (Å²) in [5, 5.41) is 0. The molecule has 4 rings (SSSR count). The van der Waals surface area contributed by atoms with Crippen molar-refractivity contribution in [3.63, 3.8) is 0 Å². The number of anilines is 1. The van der Waals surface area contributed by atoms with Crippen molar-refractivity contribution in [1.82, 2.24) is 0 Å². The minimum atomic E-state index is 0.744. The van der Waals surface area contributed by atoms with Crippen molar-refractivity contribution in [3.8, 4) is 0 Å². The van der Waals surface area contributed by atoms with Crippen molar-refractivity contribution < 1.29 is 0 Å². The maximum Gasteiger partial charge on any atom is 0.0368 e.